The van der Waals surface area contributed by atoms with Gasteiger partial charge in [0.15, 0.2) is 5.16 Å². The van der Waals surface area contributed by atoms with Crippen molar-refractivity contribution in [2.24, 2.45) is 13.0 Å². The number of likely N-dealkylation sites (tertiary alicyclic amines) is 1. The molecule has 0 spiro atoms. The Labute approximate surface area is 203 Å². The van der Waals surface area contributed by atoms with E-state index in [2.05, 4.69) is 4.98 Å². The van der Waals surface area contributed by atoms with E-state index in [4.69, 9.17) is 4.74 Å². The van der Waals surface area contributed by atoms with E-state index in [0.29, 0.717) is 74.0 Å². The molecule has 1 aromatic heterocycles. The van der Waals surface area contributed by atoms with E-state index in [0.717, 1.165) is 5.56 Å². The number of halogens is 1. The zero-order valence-corrected chi connectivity index (χ0v) is 20.8. The van der Waals surface area contributed by atoms with Crippen LogP contribution in [0, 0.1) is 18.7 Å². The number of aromatic nitrogens is 2. The van der Waals surface area contributed by atoms with Gasteiger partial charge in [-0.25, -0.2) is 9.37 Å². The molecule has 2 aromatic rings. The highest BCUT2D eigenvalue weighted by Gasteiger charge is 2.27. The number of ether oxygens (including phenoxy) is 1. The van der Waals surface area contributed by atoms with Gasteiger partial charge in [-0.2, -0.15) is 0 Å². The first-order valence-corrected chi connectivity index (χ1v) is 12.7. The van der Waals surface area contributed by atoms with Gasteiger partial charge in [-0.15, -0.1) is 0 Å². The predicted octanol–water partition coefficient (Wildman–Crippen LogP) is 3.49. The molecule has 34 heavy (non-hydrogen) atoms. The van der Waals surface area contributed by atoms with Crippen LogP contribution in [0.4, 0.5) is 4.39 Å². The molecular weight excluding hydrogens is 457 g/mol. The normalized spacial score (nSPS) is 14.3. The second kappa shape index (κ2) is 12.1. The number of hydrogen-bond acceptors (Lipinski definition) is 6. The van der Waals surface area contributed by atoms with Gasteiger partial charge >= 0.3 is 5.97 Å². The Kier molecular flexibility index (Phi) is 9.27. The maximum absolute atomic E-state index is 13.2. The van der Waals surface area contributed by atoms with Crippen molar-refractivity contribution >= 4 is 23.6 Å². The van der Waals surface area contributed by atoms with Crippen molar-refractivity contribution in [2.75, 3.05) is 25.4 Å². The van der Waals surface area contributed by atoms with Crippen molar-refractivity contribution in [3.8, 4) is 0 Å². The maximum Gasteiger partial charge on any atom is 0.309 e. The topological polar surface area (TPSA) is 81.5 Å². The Bertz CT molecular complexity index is 1060. The summed E-state index contributed by atoms with van der Waals surface area (Å²) in [6.07, 6.45) is 2.79. The van der Waals surface area contributed by atoms with Crippen LogP contribution < -0.4 is 5.56 Å². The molecule has 0 bridgehead atoms. The first-order chi connectivity index (χ1) is 16.3. The maximum atomic E-state index is 13.2. The monoisotopic (exact) mass is 489 g/mol. The molecule has 184 valence electrons. The molecule has 0 unspecified atom stereocenters. The minimum absolute atomic E-state index is 0.0931. The molecule has 0 saturated carbocycles. The fourth-order valence-corrected chi connectivity index (χ4v) is 4.99. The fourth-order valence-electron chi connectivity index (χ4n) is 4.04. The Morgan fingerprint density at radius 1 is 1.21 bits per heavy atom. The molecule has 2 heterocycles. The van der Waals surface area contributed by atoms with Crippen molar-refractivity contribution in [1.29, 1.82) is 0 Å². The standard InChI is InChI=1S/C25H32FN3O4S/c1-4-33-24(32)19-11-13-29(14-12-19)22(30)6-5-15-34-25-27-17(2)21(23(31)28(25)3)16-18-7-9-20(26)10-8-18/h7-10,19H,4-6,11-16H2,1-3H3. The summed E-state index contributed by atoms with van der Waals surface area (Å²) < 4.78 is 19.8. The lowest BCUT2D eigenvalue weighted by Gasteiger charge is -2.31. The first-order valence-electron chi connectivity index (χ1n) is 11.7. The molecule has 0 N–H and O–H groups in total. The van der Waals surface area contributed by atoms with Crippen molar-refractivity contribution in [2.45, 2.75) is 51.1 Å². The lowest BCUT2D eigenvalue weighted by molar-refractivity contribution is -0.151. The number of piperidine rings is 1. The molecule has 9 heteroatoms. The zero-order valence-electron chi connectivity index (χ0n) is 20.0. The van der Waals surface area contributed by atoms with Gasteiger partial charge in [0.1, 0.15) is 5.82 Å². The van der Waals surface area contributed by atoms with Gasteiger partial charge < -0.3 is 9.64 Å². The van der Waals surface area contributed by atoms with Crippen molar-refractivity contribution in [1.82, 2.24) is 14.5 Å². The van der Waals surface area contributed by atoms with E-state index in [1.807, 2.05) is 11.8 Å². The minimum Gasteiger partial charge on any atom is -0.466 e. The highest BCUT2D eigenvalue weighted by Crippen LogP contribution is 2.21. The number of carbonyl (C=O) groups excluding carboxylic acids is 2. The molecule has 1 aliphatic rings. The van der Waals surface area contributed by atoms with Crippen LogP contribution in [0.3, 0.4) is 0 Å². The Morgan fingerprint density at radius 2 is 1.88 bits per heavy atom. The van der Waals surface area contributed by atoms with E-state index < -0.39 is 0 Å². The molecule has 0 aliphatic carbocycles. The summed E-state index contributed by atoms with van der Waals surface area (Å²) in [6.45, 7) is 5.16. The van der Waals surface area contributed by atoms with Gasteiger partial charge in [-0.1, -0.05) is 23.9 Å². The number of hydrogen-bond donors (Lipinski definition) is 0. The van der Waals surface area contributed by atoms with Crippen molar-refractivity contribution < 1.29 is 18.7 Å². The second-order valence-electron chi connectivity index (χ2n) is 8.48. The van der Waals surface area contributed by atoms with Crippen molar-refractivity contribution in [3.63, 3.8) is 0 Å². The number of esters is 1. The predicted molar refractivity (Wildman–Crippen MR) is 129 cm³/mol. The molecule has 1 aromatic carbocycles. The van der Waals surface area contributed by atoms with Gasteiger partial charge in [0, 0.05) is 50.0 Å². The first kappa shape index (κ1) is 25.9. The number of nitrogens with zero attached hydrogens (tertiary/aromatic N) is 3. The quantitative estimate of drug-likeness (QED) is 0.232. The molecule has 0 radical (unpaired) electrons. The van der Waals surface area contributed by atoms with Crippen LogP contribution in [-0.2, 0) is 27.8 Å². The highest BCUT2D eigenvalue weighted by molar-refractivity contribution is 7.99. The SMILES string of the molecule is CCOC(=O)C1CCN(C(=O)CCCSc2nc(C)c(Cc3ccc(F)cc3)c(=O)n2C)CC1. The van der Waals surface area contributed by atoms with Gasteiger partial charge in [-0.3, -0.25) is 19.0 Å². The third-order valence-corrected chi connectivity index (χ3v) is 7.19. The molecule has 1 fully saturated rings. The van der Waals surface area contributed by atoms with E-state index in [1.165, 1.54) is 23.9 Å². The fraction of sp³-hybridized carbons (Fsp3) is 0.520. The highest BCUT2D eigenvalue weighted by atomic mass is 32.2. The molecule has 1 saturated heterocycles. The summed E-state index contributed by atoms with van der Waals surface area (Å²) >= 11 is 1.46. The largest absolute Gasteiger partial charge is 0.466 e. The lowest BCUT2D eigenvalue weighted by atomic mass is 9.97. The van der Waals surface area contributed by atoms with Crippen LogP contribution in [-0.4, -0.2) is 51.8 Å². The molecule has 0 atom stereocenters. The molecule has 1 amide bonds. The number of thioether (sulfide) groups is 1. The van der Waals surface area contributed by atoms with Gasteiger partial charge in [0.25, 0.3) is 5.56 Å². The van der Waals surface area contributed by atoms with Crippen LogP contribution >= 0.6 is 11.8 Å². The number of benzene rings is 1. The minimum atomic E-state index is -0.308. The summed E-state index contributed by atoms with van der Waals surface area (Å²) in [7, 11) is 1.70. The van der Waals surface area contributed by atoms with Gasteiger partial charge in [0.05, 0.1) is 12.5 Å². The van der Waals surface area contributed by atoms with Crippen LogP contribution in [0.1, 0.15) is 49.4 Å². The summed E-state index contributed by atoms with van der Waals surface area (Å²) in [5, 5.41) is 0.619. The average molecular weight is 490 g/mol. The van der Waals surface area contributed by atoms with Crippen molar-refractivity contribution in [3.05, 3.63) is 57.3 Å². The smallest absolute Gasteiger partial charge is 0.309 e. The Balaban J connectivity index is 1.48. The van der Waals surface area contributed by atoms with Crippen LogP contribution in [0.5, 0.6) is 0 Å². The van der Waals surface area contributed by atoms with E-state index in [1.54, 1.807) is 30.7 Å². The average Bonchev–Trinajstić information content (AvgIpc) is 2.83. The van der Waals surface area contributed by atoms with Crippen LogP contribution in [0.15, 0.2) is 34.2 Å². The van der Waals surface area contributed by atoms with E-state index in [-0.39, 0.29) is 29.2 Å². The summed E-state index contributed by atoms with van der Waals surface area (Å²) in [5.74, 6) is 0.181. The summed E-state index contributed by atoms with van der Waals surface area (Å²) in [4.78, 5) is 43.7. The van der Waals surface area contributed by atoms with Gasteiger partial charge in [0.2, 0.25) is 5.91 Å². The van der Waals surface area contributed by atoms with Crippen LogP contribution in [0.2, 0.25) is 0 Å². The Hall–Kier alpha value is -2.68. The third-order valence-electron chi connectivity index (χ3n) is 6.08. The number of aryl methyl sites for hydroxylation is 1. The summed E-state index contributed by atoms with van der Waals surface area (Å²) in [6, 6.07) is 6.12. The number of carbonyl (C=O) groups is 2. The zero-order chi connectivity index (χ0) is 24.7. The van der Waals surface area contributed by atoms with Crippen LogP contribution in [0.25, 0.3) is 0 Å². The second-order valence-corrected chi connectivity index (χ2v) is 9.55. The molecular formula is C25H32FN3O4S. The molecule has 7 nitrogen and oxygen atoms in total. The number of rotatable bonds is 9. The molecule has 3 rings (SSSR count). The molecule has 1 aliphatic heterocycles. The summed E-state index contributed by atoms with van der Waals surface area (Å²) in [5.41, 5.74) is 2.00. The third kappa shape index (κ3) is 6.68. The van der Waals surface area contributed by atoms with E-state index in [9.17, 15) is 18.8 Å². The number of amides is 1. The van der Waals surface area contributed by atoms with Gasteiger partial charge in [-0.05, 0) is 50.8 Å². The van der Waals surface area contributed by atoms with E-state index >= 15 is 0 Å². The Morgan fingerprint density at radius 3 is 2.53 bits per heavy atom. The lowest BCUT2D eigenvalue weighted by Crippen LogP contribution is -2.40.